The monoisotopic (exact) mass is 381 g/mol. The van der Waals surface area contributed by atoms with Crippen molar-refractivity contribution in [3.63, 3.8) is 0 Å². The van der Waals surface area contributed by atoms with E-state index in [1.54, 1.807) is 45.5 Å². The lowest BCUT2D eigenvalue weighted by Crippen LogP contribution is -2.23. The van der Waals surface area contributed by atoms with Crippen molar-refractivity contribution in [2.75, 3.05) is 14.1 Å². The number of aryl methyl sites for hydroxylation is 1. The van der Waals surface area contributed by atoms with Gasteiger partial charge in [-0.15, -0.1) is 5.10 Å². The van der Waals surface area contributed by atoms with Crippen LogP contribution in [0.3, 0.4) is 0 Å². The van der Waals surface area contributed by atoms with Crippen LogP contribution in [0, 0.1) is 6.92 Å². The van der Waals surface area contributed by atoms with Crippen LogP contribution in [0.15, 0.2) is 24.5 Å². The molecule has 3 rings (SSSR count). The Morgan fingerprint density at radius 3 is 2.25 bits per heavy atom. The van der Waals surface area contributed by atoms with Crippen LogP contribution in [0.25, 0.3) is 22.0 Å². The Morgan fingerprint density at radius 2 is 1.71 bits per heavy atom. The topological polar surface area (TPSA) is 107 Å². The quantitative estimate of drug-likeness (QED) is 0.633. The van der Waals surface area contributed by atoms with Crippen LogP contribution in [0.4, 0.5) is 0 Å². The molecule has 0 atom stereocenters. The summed E-state index contributed by atoms with van der Waals surface area (Å²) < 4.78 is 0. The fourth-order valence-corrected chi connectivity index (χ4v) is 2.77. The number of carbonyl (C=O) groups is 3. The molecule has 0 radical (unpaired) electrons. The molecule has 2 aromatic heterocycles. The zero-order valence-electron chi connectivity index (χ0n) is 16.2. The molecule has 9 nitrogen and oxygen atoms in total. The Bertz CT molecular complexity index is 1100. The maximum Gasteiger partial charge on any atom is 0.331 e. The van der Waals surface area contributed by atoms with Crippen molar-refractivity contribution in [1.82, 2.24) is 24.8 Å². The highest BCUT2D eigenvalue weighted by Gasteiger charge is 2.23. The van der Waals surface area contributed by atoms with Crippen molar-refractivity contribution < 1.29 is 19.2 Å². The van der Waals surface area contributed by atoms with Gasteiger partial charge in [-0.3, -0.25) is 9.59 Å². The molecular weight excluding hydrogens is 362 g/mol. The highest BCUT2D eigenvalue weighted by Crippen LogP contribution is 2.31. The molecule has 0 saturated heterocycles. The third-order valence-electron chi connectivity index (χ3n) is 4.06. The minimum Gasteiger partial charge on any atom is -0.345 e. The van der Waals surface area contributed by atoms with Gasteiger partial charge in [-0.25, -0.2) is 14.8 Å². The first-order valence-corrected chi connectivity index (χ1v) is 8.46. The van der Waals surface area contributed by atoms with Gasteiger partial charge in [0.2, 0.25) is 0 Å². The van der Waals surface area contributed by atoms with Gasteiger partial charge in [-0.05, 0) is 24.6 Å². The summed E-state index contributed by atoms with van der Waals surface area (Å²) in [6.45, 7) is 4.36. The van der Waals surface area contributed by atoms with Crippen molar-refractivity contribution in [3.05, 3.63) is 41.6 Å². The lowest BCUT2D eigenvalue weighted by Gasteiger charge is -2.15. The number of amides is 1. The van der Waals surface area contributed by atoms with E-state index in [1.807, 2.05) is 0 Å². The summed E-state index contributed by atoms with van der Waals surface area (Å²) in [4.78, 5) is 52.1. The summed E-state index contributed by atoms with van der Waals surface area (Å²) in [5, 5.41) is 4.55. The van der Waals surface area contributed by atoms with Crippen LogP contribution < -0.4 is 4.84 Å². The van der Waals surface area contributed by atoms with Gasteiger partial charge in [0.15, 0.2) is 5.78 Å². The number of ketones is 1. The second kappa shape index (κ2) is 7.18. The van der Waals surface area contributed by atoms with Gasteiger partial charge in [-0.1, -0.05) is 4.85 Å². The second-order valence-electron chi connectivity index (χ2n) is 6.49. The molecule has 144 valence electrons. The first kappa shape index (κ1) is 19.2. The van der Waals surface area contributed by atoms with Gasteiger partial charge in [0, 0.05) is 56.8 Å². The van der Waals surface area contributed by atoms with Gasteiger partial charge in [0.25, 0.3) is 5.91 Å². The first-order valence-electron chi connectivity index (χ1n) is 8.46. The number of hydrogen-bond acceptors (Lipinski definition) is 7. The third kappa shape index (κ3) is 3.46. The Labute approximate surface area is 160 Å². The average Bonchev–Trinajstić information content (AvgIpc) is 2.98. The molecule has 0 N–H and O–H groups in total. The van der Waals surface area contributed by atoms with Crippen molar-refractivity contribution >= 4 is 28.6 Å². The lowest BCUT2D eigenvalue weighted by molar-refractivity contribution is -0.142. The molecule has 28 heavy (non-hydrogen) atoms. The highest BCUT2D eigenvalue weighted by atomic mass is 16.7. The molecule has 0 aliphatic heterocycles. The van der Waals surface area contributed by atoms with Gasteiger partial charge in [-0.2, -0.15) is 0 Å². The summed E-state index contributed by atoms with van der Waals surface area (Å²) >= 11 is 0. The van der Waals surface area contributed by atoms with Gasteiger partial charge in [0.05, 0.1) is 0 Å². The molecule has 0 saturated carbocycles. The summed E-state index contributed by atoms with van der Waals surface area (Å²) in [7, 11) is 3.26. The normalized spacial score (nSPS) is 10.8. The third-order valence-corrected chi connectivity index (χ3v) is 4.06. The van der Waals surface area contributed by atoms with Crippen LogP contribution in [0.2, 0.25) is 0 Å². The minimum atomic E-state index is -0.601. The van der Waals surface area contributed by atoms with Crippen molar-refractivity contribution in [2.45, 2.75) is 20.8 Å². The Balaban J connectivity index is 2.37. The van der Waals surface area contributed by atoms with Gasteiger partial charge in [0.1, 0.15) is 17.0 Å². The van der Waals surface area contributed by atoms with E-state index in [0.717, 1.165) is 4.85 Å². The van der Waals surface area contributed by atoms with Gasteiger partial charge < -0.3 is 9.74 Å². The number of aromatic nitrogens is 4. The number of Topliss-reactive ketones (excluding diaryl/α,β-unsaturated/α-hetero) is 1. The molecule has 1 amide bonds. The van der Waals surface area contributed by atoms with E-state index in [4.69, 9.17) is 4.84 Å². The largest absolute Gasteiger partial charge is 0.345 e. The maximum atomic E-state index is 12.8. The zero-order valence-corrected chi connectivity index (χ0v) is 16.2. The van der Waals surface area contributed by atoms with E-state index in [-0.39, 0.29) is 17.4 Å². The summed E-state index contributed by atoms with van der Waals surface area (Å²) in [6, 6.07) is 3.22. The van der Waals surface area contributed by atoms with Crippen LogP contribution in [0.1, 0.15) is 40.5 Å². The predicted molar refractivity (Wildman–Crippen MR) is 101 cm³/mol. The number of rotatable bonds is 4. The Kier molecular flexibility index (Phi) is 4.91. The molecule has 0 spiro atoms. The number of carbonyl (C=O) groups excluding carboxylic acids is 3. The first-order chi connectivity index (χ1) is 13.2. The lowest BCUT2D eigenvalue weighted by atomic mass is 9.97. The van der Waals surface area contributed by atoms with Crippen molar-refractivity contribution in [3.8, 4) is 11.1 Å². The number of benzene rings is 1. The fourth-order valence-electron chi connectivity index (χ4n) is 2.77. The van der Waals surface area contributed by atoms with E-state index < -0.39 is 5.97 Å². The second-order valence-corrected chi connectivity index (χ2v) is 6.49. The number of fused-ring (bicyclic) bond motifs is 1. The van der Waals surface area contributed by atoms with Gasteiger partial charge >= 0.3 is 5.97 Å². The molecule has 0 bridgehead atoms. The van der Waals surface area contributed by atoms with E-state index in [2.05, 4.69) is 15.1 Å². The Morgan fingerprint density at radius 1 is 1.07 bits per heavy atom. The summed E-state index contributed by atoms with van der Waals surface area (Å²) in [5.41, 5.74) is 1.98. The van der Waals surface area contributed by atoms with Crippen LogP contribution in [0.5, 0.6) is 0 Å². The van der Waals surface area contributed by atoms with E-state index in [1.165, 1.54) is 18.7 Å². The summed E-state index contributed by atoms with van der Waals surface area (Å²) in [6.07, 6.45) is 3.22. The molecule has 0 aliphatic carbocycles. The molecule has 9 heteroatoms. The number of hydrogen-bond donors (Lipinski definition) is 0. The average molecular weight is 381 g/mol. The van der Waals surface area contributed by atoms with Crippen molar-refractivity contribution in [1.29, 1.82) is 0 Å². The smallest absolute Gasteiger partial charge is 0.331 e. The van der Waals surface area contributed by atoms with E-state index >= 15 is 0 Å². The van der Waals surface area contributed by atoms with Crippen LogP contribution in [-0.2, 0) is 4.79 Å². The summed E-state index contributed by atoms with van der Waals surface area (Å²) in [5.74, 6) is -0.570. The van der Waals surface area contributed by atoms with Crippen LogP contribution in [-0.4, -0.2) is 56.6 Å². The molecule has 0 fully saturated rings. The van der Waals surface area contributed by atoms with E-state index in [9.17, 15) is 14.4 Å². The molecule has 0 aliphatic rings. The van der Waals surface area contributed by atoms with Crippen LogP contribution >= 0.6 is 0 Å². The SMILES string of the molecule is CC(=O)On1nc(C(C)=O)c2cc(-c3cnc(C)nc3)c(C(=O)N(C)C)cc21. The Hall–Kier alpha value is -3.62. The molecule has 2 heterocycles. The molecule has 0 unspecified atom stereocenters. The fraction of sp³-hybridized carbons (Fsp3) is 0.263. The minimum absolute atomic E-state index is 0.134. The maximum absolute atomic E-state index is 12.8. The molecule has 3 aromatic rings. The molecule has 1 aromatic carbocycles. The van der Waals surface area contributed by atoms with Crippen molar-refractivity contribution in [2.24, 2.45) is 0 Å². The molecular formula is C19H19N5O4. The van der Waals surface area contributed by atoms with E-state index in [0.29, 0.717) is 33.4 Å². The predicted octanol–water partition coefficient (Wildman–Crippen LogP) is 1.68. The number of nitrogens with zero attached hydrogens (tertiary/aromatic N) is 5. The standard InChI is InChI=1S/C19H19N5O4/c1-10(25)18-16-6-14(13-8-20-11(2)21-9-13)15(19(27)23(4)5)7-17(16)24(22-18)28-12(3)26/h6-9H,1-5H3. The highest BCUT2D eigenvalue weighted by molar-refractivity contribution is 6.10. The zero-order chi connectivity index (χ0) is 20.6.